The molecule has 0 saturated carbocycles. The predicted molar refractivity (Wildman–Crippen MR) is 123 cm³/mol. The lowest BCUT2D eigenvalue weighted by atomic mass is 9.68. The van der Waals surface area contributed by atoms with Gasteiger partial charge in [0.15, 0.2) is 0 Å². The molecule has 0 fully saturated rings. The van der Waals surface area contributed by atoms with Crippen molar-refractivity contribution in [1.82, 2.24) is 4.98 Å². The molecule has 2 heterocycles. The Morgan fingerprint density at radius 1 is 0.897 bits per heavy atom. The standard InChI is InChI=1S/C25H24ClNOS/c1-24(2,3)25(18-10-6-4-7-11-18,19-12-8-5-9-13-19)28-17-20-16-22-23(29-20)21(26)14-15-27-22/h4-16H,17H2,1-3H3. The summed E-state index contributed by atoms with van der Waals surface area (Å²) in [5.41, 5.74) is 2.44. The highest BCUT2D eigenvalue weighted by molar-refractivity contribution is 7.19. The third-order valence-electron chi connectivity index (χ3n) is 5.26. The molecule has 4 aromatic rings. The molecule has 2 nitrogen and oxygen atoms in total. The van der Waals surface area contributed by atoms with Gasteiger partial charge < -0.3 is 4.74 Å². The number of thiophene rings is 1. The molecule has 2 aromatic heterocycles. The van der Waals surface area contributed by atoms with Gasteiger partial charge in [-0.15, -0.1) is 11.3 Å². The van der Waals surface area contributed by atoms with Crippen LogP contribution in [0.25, 0.3) is 10.2 Å². The maximum absolute atomic E-state index is 6.86. The summed E-state index contributed by atoms with van der Waals surface area (Å²) in [6.45, 7) is 7.18. The highest BCUT2D eigenvalue weighted by atomic mass is 35.5. The first-order chi connectivity index (χ1) is 13.9. The minimum atomic E-state index is -0.594. The van der Waals surface area contributed by atoms with Crippen LogP contribution in [-0.2, 0) is 16.9 Å². The number of pyridine rings is 1. The average molecular weight is 422 g/mol. The van der Waals surface area contributed by atoms with Crippen molar-refractivity contribution in [2.24, 2.45) is 5.41 Å². The summed E-state index contributed by atoms with van der Waals surface area (Å²) in [6.07, 6.45) is 1.75. The van der Waals surface area contributed by atoms with E-state index in [0.29, 0.717) is 6.61 Å². The second-order valence-electron chi connectivity index (χ2n) is 8.17. The normalized spacial score (nSPS) is 12.4. The summed E-state index contributed by atoms with van der Waals surface area (Å²) < 4.78 is 7.87. The van der Waals surface area contributed by atoms with Crippen molar-refractivity contribution in [3.8, 4) is 0 Å². The van der Waals surface area contributed by atoms with Crippen molar-refractivity contribution < 1.29 is 4.74 Å². The van der Waals surface area contributed by atoms with Gasteiger partial charge in [-0.3, -0.25) is 4.98 Å². The molecule has 4 rings (SSSR count). The number of hydrogen-bond donors (Lipinski definition) is 0. The highest BCUT2D eigenvalue weighted by Gasteiger charge is 2.46. The fraction of sp³-hybridized carbons (Fsp3) is 0.240. The van der Waals surface area contributed by atoms with Crippen LogP contribution in [0.4, 0.5) is 0 Å². The largest absolute Gasteiger partial charge is 0.359 e. The number of fused-ring (bicyclic) bond motifs is 1. The monoisotopic (exact) mass is 421 g/mol. The summed E-state index contributed by atoms with van der Waals surface area (Å²) >= 11 is 8.00. The molecule has 0 bridgehead atoms. The third-order valence-corrected chi connectivity index (χ3v) is 6.82. The topological polar surface area (TPSA) is 22.1 Å². The van der Waals surface area contributed by atoms with E-state index in [9.17, 15) is 0 Å². The molecular formula is C25H24ClNOS. The average Bonchev–Trinajstić information content (AvgIpc) is 3.14. The zero-order valence-electron chi connectivity index (χ0n) is 16.9. The van der Waals surface area contributed by atoms with Gasteiger partial charge in [0.1, 0.15) is 5.60 Å². The zero-order valence-corrected chi connectivity index (χ0v) is 18.4. The second kappa shape index (κ2) is 7.91. The summed E-state index contributed by atoms with van der Waals surface area (Å²) in [6, 6.07) is 24.9. The smallest absolute Gasteiger partial charge is 0.123 e. The molecule has 0 radical (unpaired) electrons. The van der Waals surface area contributed by atoms with Crippen molar-refractivity contribution in [2.45, 2.75) is 33.0 Å². The fourth-order valence-corrected chi connectivity index (χ4v) is 5.17. The first kappa shape index (κ1) is 20.1. The molecule has 0 atom stereocenters. The van der Waals surface area contributed by atoms with Gasteiger partial charge in [-0.2, -0.15) is 0 Å². The molecular weight excluding hydrogens is 398 g/mol. The van der Waals surface area contributed by atoms with E-state index >= 15 is 0 Å². The molecule has 0 N–H and O–H groups in total. The van der Waals surface area contributed by atoms with Crippen LogP contribution >= 0.6 is 22.9 Å². The van der Waals surface area contributed by atoms with Gasteiger partial charge in [0.25, 0.3) is 0 Å². The minimum Gasteiger partial charge on any atom is -0.359 e. The molecule has 2 aromatic carbocycles. The second-order valence-corrected chi connectivity index (χ2v) is 9.72. The molecule has 0 amide bonds. The Balaban J connectivity index is 1.80. The molecule has 4 heteroatoms. The van der Waals surface area contributed by atoms with E-state index in [1.165, 1.54) is 0 Å². The van der Waals surface area contributed by atoms with E-state index in [2.05, 4.69) is 80.4 Å². The van der Waals surface area contributed by atoms with E-state index < -0.39 is 5.60 Å². The van der Waals surface area contributed by atoms with Crippen molar-refractivity contribution in [2.75, 3.05) is 0 Å². The number of benzene rings is 2. The van der Waals surface area contributed by atoms with E-state index in [-0.39, 0.29) is 5.41 Å². The lowest BCUT2D eigenvalue weighted by Gasteiger charge is -2.45. The van der Waals surface area contributed by atoms with Crippen LogP contribution in [0.3, 0.4) is 0 Å². The molecule has 0 aliphatic carbocycles. The maximum Gasteiger partial charge on any atom is 0.123 e. The van der Waals surface area contributed by atoms with Crippen LogP contribution in [0.2, 0.25) is 5.02 Å². The lowest BCUT2D eigenvalue weighted by Crippen LogP contribution is -2.43. The number of hydrogen-bond acceptors (Lipinski definition) is 3. The van der Waals surface area contributed by atoms with Gasteiger partial charge in [-0.25, -0.2) is 0 Å². The van der Waals surface area contributed by atoms with E-state index in [1.807, 2.05) is 18.2 Å². The Bertz CT molecular complexity index is 1060. The number of halogens is 1. The van der Waals surface area contributed by atoms with Crippen LogP contribution in [0.5, 0.6) is 0 Å². The van der Waals surface area contributed by atoms with E-state index in [0.717, 1.165) is 31.2 Å². The quantitative estimate of drug-likeness (QED) is 0.333. The summed E-state index contributed by atoms with van der Waals surface area (Å²) in [7, 11) is 0. The van der Waals surface area contributed by atoms with Gasteiger partial charge in [0, 0.05) is 11.1 Å². The Kier molecular flexibility index (Phi) is 5.48. The van der Waals surface area contributed by atoms with Gasteiger partial charge in [0.2, 0.25) is 0 Å². The lowest BCUT2D eigenvalue weighted by molar-refractivity contribution is -0.102. The zero-order chi connectivity index (χ0) is 20.5. The van der Waals surface area contributed by atoms with Crippen LogP contribution in [0, 0.1) is 5.41 Å². The molecule has 148 valence electrons. The number of aromatic nitrogens is 1. The number of ether oxygens (including phenoxy) is 1. The van der Waals surface area contributed by atoms with Crippen LogP contribution in [0.15, 0.2) is 79.0 Å². The van der Waals surface area contributed by atoms with Gasteiger partial charge in [0.05, 0.1) is 21.8 Å². The highest BCUT2D eigenvalue weighted by Crippen LogP contribution is 2.48. The van der Waals surface area contributed by atoms with Gasteiger partial charge >= 0.3 is 0 Å². The van der Waals surface area contributed by atoms with E-state index in [1.54, 1.807) is 17.5 Å². The van der Waals surface area contributed by atoms with Crippen LogP contribution < -0.4 is 0 Å². The van der Waals surface area contributed by atoms with Gasteiger partial charge in [-0.1, -0.05) is 93.0 Å². The van der Waals surface area contributed by atoms with Crippen LogP contribution in [-0.4, -0.2) is 4.98 Å². The molecule has 0 aliphatic heterocycles. The summed E-state index contributed by atoms with van der Waals surface area (Å²) in [5.74, 6) is 0. The molecule has 0 unspecified atom stereocenters. The van der Waals surface area contributed by atoms with Crippen molar-refractivity contribution in [1.29, 1.82) is 0 Å². The summed E-state index contributed by atoms with van der Waals surface area (Å²) in [5, 5.41) is 0.736. The molecule has 29 heavy (non-hydrogen) atoms. The Labute approximate surface area is 181 Å². The van der Waals surface area contributed by atoms with Crippen molar-refractivity contribution in [3.05, 3.63) is 100 Å². The Morgan fingerprint density at radius 2 is 1.48 bits per heavy atom. The van der Waals surface area contributed by atoms with Gasteiger partial charge in [-0.05, 0) is 28.7 Å². The SMILES string of the molecule is CC(C)(C)C(OCc1cc2nccc(Cl)c2s1)(c1ccccc1)c1ccccc1. The predicted octanol–water partition coefficient (Wildman–Crippen LogP) is 7.46. The summed E-state index contributed by atoms with van der Waals surface area (Å²) in [4.78, 5) is 5.55. The Morgan fingerprint density at radius 3 is 2.00 bits per heavy atom. The van der Waals surface area contributed by atoms with Crippen LogP contribution in [0.1, 0.15) is 36.8 Å². The minimum absolute atomic E-state index is 0.178. The first-order valence-electron chi connectivity index (χ1n) is 9.70. The number of nitrogens with zero attached hydrogens (tertiary/aromatic N) is 1. The fourth-order valence-electron chi connectivity index (χ4n) is 3.97. The van der Waals surface area contributed by atoms with Crippen molar-refractivity contribution in [3.63, 3.8) is 0 Å². The molecule has 0 spiro atoms. The third kappa shape index (κ3) is 3.71. The molecule has 0 aliphatic rings. The first-order valence-corrected chi connectivity index (χ1v) is 10.9. The maximum atomic E-state index is 6.86. The Hall–Kier alpha value is -2.20. The number of rotatable bonds is 5. The molecule has 0 saturated heterocycles. The van der Waals surface area contributed by atoms with E-state index in [4.69, 9.17) is 16.3 Å². The van der Waals surface area contributed by atoms with Crippen molar-refractivity contribution >= 4 is 33.2 Å².